The third kappa shape index (κ3) is 2.18. The molecule has 88 valence electrons. The van der Waals surface area contributed by atoms with Crippen molar-refractivity contribution in [2.45, 2.75) is 19.4 Å². The third-order valence-corrected chi connectivity index (χ3v) is 4.32. The van der Waals surface area contributed by atoms with Gasteiger partial charge in [0.15, 0.2) is 9.58 Å². The average Bonchev–Trinajstić information content (AvgIpc) is 2.38. The quantitative estimate of drug-likeness (QED) is 0.637. The van der Waals surface area contributed by atoms with Crippen LogP contribution in [-0.2, 0) is 5.51 Å². The Hall–Kier alpha value is -0.740. The molecule has 0 nitrogen and oxygen atoms in total. The summed E-state index contributed by atoms with van der Waals surface area (Å²) < 4.78 is 38.8. The van der Waals surface area contributed by atoms with Crippen LogP contribution in [-0.4, -0.2) is 0 Å². The lowest BCUT2D eigenvalue weighted by Crippen LogP contribution is -3.00. The molecule has 1 aromatic carbocycles. The first-order valence-corrected chi connectivity index (χ1v) is 5.72. The van der Waals surface area contributed by atoms with Crippen molar-refractivity contribution < 1.29 is 25.6 Å². The first kappa shape index (κ1) is 13.3. The Labute approximate surface area is 100 Å². The molecule has 5 heteroatoms. The van der Waals surface area contributed by atoms with Crippen molar-refractivity contribution in [2.75, 3.05) is 0 Å². The number of thiophene rings is 1. The minimum Gasteiger partial charge on any atom is -1.00 e. The number of hydrogen-bond donors (Lipinski definition) is 0. The van der Waals surface area contributed by atoms with Gasteiger partial charge in [0.25, 0.3) is 0 Å². The summed E-state index contributed by atoms with van der Waals surface area (Å²) in [5, 5.41) is 0.707. The third-order valence-electron chi connectivity index (χ3n) is 2.30. The molecule has 1 heterocycles. The van der Waals surface area contributed by atoms with Crippen LogP contribution in [0.3, 0.4) is 0 Å². The lowest BCUT2D eigenvalue weighted by Gasteiger charge is -1.97. The summed E-state index contributed by atoms with van der Waals surface area (Å²) in [6.07, 6.45) is 0. The molecule has 0 aliphatic rings. The Morgan fingerprint density at radius 2 is 1.69 bits per heavy atom. The normalized spacial score (nSPS) is 12.7. The van der Waals surface area contributed by atoms with Crippen LogP contribution in [0.15, 0.2) is 24.3 Å². The fourth-order valence-electron chi connectivity index (χ4n) is 1.70. The lowest BCUT2D eigenvalue weighted by atomic mass is 10.2. The summed E-state index contributed by atoms with van der Waals surface area (Å²) in [6.45, 7) is 3.36. The second-order valence-electron chi connectivity index (χ2n) is 3.55. The zero-order valence-electron chi connectivity index (χ0n) is 8.73. The largest absolute Gasteiger partial charge is 1.00 e. The molecule has 0 amide bonds. The van der Waals surface area contributed by atoms with Crippen LogP contribution in [0.25, 0.3) is 10.1 Å². The van der Waals surface area contributed by atoms with Gasteiger partial charge in [-0.25, -0.2) is 0 Å². The number of fused-ring (bicyclic) bond motifs is 1. The maximum Gasteiger partial charge on any atom is 0.600 e. The van der Waals surface area contributed by atoms with E-state index in [0.717, 1.165) is 5.56 Å². The minimum atomic E-state index is -4.15. The predicted molar refractivity (Wildman–Crippen MR) is 57.2 cm³/mol. The zero-order valence-corrected chi connectivity index (χ0v) is 10.3. The van der Waals surface area contributed by atoms with Crippen molar-refractivity contribution in [3.8, 4) is 0 Å². The van der Waals surface area contributed by atoms with Crippen LogP contribution in [0, 0.1) is 13.8 Å². The number of rotatable bonds is 0. The summed E-state index contributed by atoms with van der Waals surface area (Å²) in [4.78, 5) is 0.406. The molecule has 0 radical (unpaired) electrons. The average molecular weight is 267 g/mol. The van der Waals surface area contributed by atoms with Gasteiger partial charge in [-0.05, 0) is 18.6 Å². The first-order chi connectivity index (χ1) is 6.89. The molecule has 0 aliphatic heterocycles. The molecule has 1 aromatic heterocycles. The molecular formula is C11H10ClF3S. The molecule has 2 aromatic rings. The van der Waals surface area contributed by atoms with E-state index in [9.17, 15) is 13.2 Å². The molecule has 0 saturated heterocycles. The van der Waals surface area contributed by atoms with Crippen LogP contribution in [0.1, 0.15) is 10.4 Å². The van der Waals surface area contributed by atoms with E-state index in [4.69, 9.17) is 0 Å². The highest BCUT2D eigenvalue weighted by molar-refractivity contribution is 7.38. The fraction of sp³-hybridized carbons (Fsp3) is 0.273. The number of hydrogen-bond acceptors (Lipinski definition) is 0. The van der Waals surface area contributed by atoms with E-state index in [1.807, 2.05) is 13.0 Å². The highest BCUT2D eigenvalue weighted by Gasteiger charge is 2.46. The Bertz CT molecular complexity index is 514. The second kappa shape index (κ2) is 4.26. The molecule has 0 bridgehead atoms. The number of alkyl halides is 3. The van der Waals surface area contributed by atoms with E-state index in [-0.39, 0.29) is 12.4 Å². The van der Waals surface area contributed by atoms with Gasteiger partial charge in [0.05, 0.1) is 10.5 Å². The Balaban J connectivity index is 0.00000128. The van der Waals surface area contributed by atoms with Crippen molar-refractivity contribution in [1.29, 1.82) is 0 Å². The van der Waals surface area contributed by atoms with E-state index in [1.165, 1.54) is 0 Å². The molecule has 0 spiro atoms. The first-order valence-electron chi connectivity index (χ1n) is 4.49. The molecule has 0 fully saturated rings. The van der Waals surface area contributed by atoms with Crippen molar-refractivity contribution in [3.05, 3.63) is 34.7 Å². The van der Waals surface area contributed by atoms with E-state index >= 15 is 0 Å². The molecule has 16 heavy (non-hydrogen) atoms. The van der Waals surface area contributed by atoms with Gasteiger partial charge in [0.2, 0.25) is 0 Å². The van der Waals surface area contributed by atoms with Crippen molar-refractivity contribution in [3.63, 3.8) is 0 Å². The lowest BCUT2D eigenvalue weighted by molar-refractivity contribution is -0.0867. The van der Waals surface area contributed by atoms with E-state index in [1.54, 1.807) is 25.1 Å². The second-order valence-corrected chi connectivity index (χ2v) is 5.71. The Morgan fingerprint density at radius 3 is 2.25 bits per heavy atom. The Morgan fingerprint density at radius 1 is 1.06 bits per heavy atom. The predicted octanol–water partition coefficient (Wildman–Crippen LogP) is 1.69. The van der Waals surface area contributed by atoms with Crippen LogP contribution in [0.2, 0.25) is 0 Å². The van der Waals surface area contributed by atoms with Gasteiger partial charge in [-0.3, -0.25) is 0 Å². The smallest absolute Gasteiger partial charge is 0.600 e. The van der Waals surface area contributed by atoms with Crippen molar-refractivity contribution in [1.82, 2.24) is 0 Å². The van der Waals surface area contributed by atoms with Crippen molar-refractivity contribution >= 4 is 20.6 Å². The minimum absolute atomic E-state index is 0. The number of halogens is 4. The van der Waals surface area contributed by atoms with Gasteiger partial charge in [-0.2, -0.15) is 0 Å². The van der Waals surface area contributed by atoms with E-state index in [2.05, 4.69) is 0 Å². The maximum absolute atomic E-state index is 12.8. The van der Waals surface area contributed by atoms with E-state index < -0.39 is 16.0 Å². The van der Waals surface area contributed by atoms with Crippen LogP contribution in [0.5, 0.6) is 0 Å². The van der Waals surface area contributed by atoms with Crippen LogP contribution in [0.4, 0.5) is 13.2 Å². The zero-order chi connectivity index (χ0) is 11.2. The molecule has 0 saturated carbocycles. The molecule has 0 aliphatic carbocycles. The van der Waals surface area contributed by atoms with Gasteiger partial charge >= 0.3 is 5.51 Å². The SMILES string of the molecule is Cc1ccc2cc(C)[s+](C(F)(F)F)c2c1.[Cl-]. The van der Waals surface area contributed by atoms with Gasteiger partial charge in [0.1, 0.15) is 0 Å². The molecule has 0 N–H and O–H groups in total. The summed E-state index contributed by atoms with van der Waals surface area (Å²) in [7, 11) is -1.71. The summed E-state index contributed by atoms with van der Waals surface area (Å²) in [5.41, 5.74) is -3.28. The van der Waals surface area contributed by atoms with Gasteiger partial charge < -0.3 is 12.4 Å². The summed E-state index contributed by atoms with van der Waals surface area (Å²) in [5.74, 6) is 0. The topological polar surface area (TPSA) is 0 Å². The molecule has 1 unspecified atom stereocenters. The summed E-state index contributed by atoms with van der Waals surface area (Å²) >= 11 is 0. The molecule has 1 atom stereocenters. The fourth-order valence-corrected chi connectivity index (χ4v) is 3.57. The van der Waals surface area contributed by atoms with Gasteiger partial charge in [-0.1, -0.05) is 6.07 Å². The Kier molecular flexibility index (Phi) is 3.55. The van der Waals surface area contributed by atoms with E-state index in [0.29, 0.717) is 15.0 Å². The van der Waals surface area contributed by atoms with Crippen LogP contribution >= 0.6 is 10.5 Å². The molecular weight excluding hydrogens is 257 g/mol. The monoisotopic (exact) mass is 266 g/mol. The highest BCUT2D eigenvalue weighted by atomic mass is 35.5. The maximum atomic E-state index is 12.8. The number of aryl methyl sites for hydroxylation is 2. The standard InChI is InChI=1S/C11H10F3S.ClH/c1-7-3-4-9-6-8(2)15(10(9)5-7)11(12,13)14;/h3-6H,1-2H3;1H/q+1;/p-1. The van der Waals surface area contributed by atoms with Crippen molar-refractivity contribution in [2.24, 2.45) is 0 Å². The number of benzene rings is 1. The van der Waals surface area contributed by atoms with Gasteiger partial charge in [0, 0.05) is 24.4 Å². The highest BCUT2D eigenvalue weighted by Crippen LogP contribution is 2.50. The van der Waals surface area contributed by atoms with Crippen LogP contribution < -0.4 is 12.4 Å². The summed E-state index contributed by atoms with van der Waals surface area (Å²) in [6, 6.07) is 6.86. The molecule has 2 rings (SSSR count). The van der Waals surface area contributed by atoms with Gasteiger partial charge in [-0.15, -0.1) is 13.2 Å².